The van der Waals surface area contributed by atoms with Crippen molar-refractivity contribution in [1.82, 2.24) is 10.0 Å². The standard InChI is InChI=1S/C12H14ClFN2O3S/c13-8-1-3-10(14)11(7-8)20(18,19)16-9-2-4-12(17)15-6-5-9/h1,3,7,9,16H,2,4-6H2,(H,15,17). The minimum atomic E-state index is -4.00. The van der Waals surface area contributed by atoms with Gasteiger partial charge in [-0.15, -0.1) is 0 Å². The summed E-state index contributed by atoms with van der Waals surface area (Å²) in [6.07, 6.45) is 1.09. The van der Waals surface area contributed by atoms with Crippen LogP contribution < -0.4 is 10.0 Å². The van der Waals surface area contributed by atoms with Gasteiger partial charge in [0.05, 0.1) is 0 Å². The van der Waals surface area contributed by atoms with Crippen molar-refractivity contribution >= 4 is 27.5 Å². The van der Waals surface area contributed by atoms with Crippen molar-refractivity contribution in [2.45, 2.75) is 30.2 Å². The Hall–Kier alpha value is -1.18. The van der Waals surface area contributed by atoms with Crippen LogP contribution >= 0.6 is 11.6 Å². The van der Waals surface area contributed by atoms with Gasteiger partial charge >= 0.3 is 0 Å². The number of sulfonamides is 1. The number of hydrogen-bond acceptors (Lipinski definition) is 3. The van der Waals surface area contributed by atoms with E-state index in [1.54, 1.807) is 0 Å². The number of rotatable bonds is 3. The van der Waals surface area contributed by atoms with E-state index in [-0.39, 0.29) is 17.4 Å². The van der Waals surface area contributed by atoms with Crippen LogP contribution in [0.5, 0.6) is 0 Å². The molecular formula is C12H14ClFN2O3S. The highest BCUT2D eigenvalue weighted by Crippen LogP contribution is 2.20. The number of carbonyl (C=O) groups is 1. The van der Waals surface area contributed by atoms with Crippen LogP contribution in [-0.4, -0.2) is 26.9 Å². The van der Waals surface area contributed by atoms with E-state index in [9.17, 15) is 17.6 Å². The van der Waals surface area contributed by atoms with Gasteiger partial charge in [-0.25, -0.2) is 17.5 Å². The second-order valence-corrected chi connectivity index (χ2v) is 6.69. The first-order valence-electron chi connectivity index (χ1n) is 6.12. The molecule has 2 rings (SSSR count). The van der Waals surface area contributed by atoms with Crippen molar-refractivity contribution in [2.24, 2.45) is 0 Å². The van der Waals surface area contributed by atoms with Crippen molar-refractivity contribution in [3.63, 3.8) is 0 Å². The Kier molecular flexibility index (Phi) is 4.62. The second kappa shape index (κ2) is 6.07. The average Bonchev–Trinajstić information content (AvgIpc) is 2.57. The normalized spacial score (nSPS) is 20.3. The molecule has 110 valence electrons. The summed E-state index contributed by atoms with van der Waals surface area (Å²) in [4.78, 5) is 10.7. The molecule has 0 saturated carbocycles. The van der Waals surface area contributed by atoms with Crippen LogP contribution in [0.25, 0.3) is 0 Å². The fourth-order valence-electron chi connectivity index (χ4n) is 2.01. The number of carbonyl (C=O) groups excluding carboxylic acids is 1. The molecule has 1 fully saturated rings. The minimum absolute atomic E-state index is 0.111. The van der Waals surface area contributed by atoms with Crippen LogP contribution in [0, 0.1) is 5.82 Å². The molecule has 0 aliphatic carbocycles. The van der Waals surface area contributed by atoms with Crippen LogP contribution in [0.2, 0.25) is 5.02 Å². The molecule has 1 aliphatic rings. The molecule has 0 aromatic heterocycles. The molecule has 20 heavy (non-hydrogen) atoms. The first-order chi connectivity index (χ1) is 9.38. The van der Waals surface area contributed by atoms with Gasteiger partial charge in [-0.1, -0.05) is 11.6 Å². The van der Waals surface area contributed by atoms with Crippen LogP contribution in [-0.2, 0) is 14.8 Å². The number of nitrogens with one attached hydrogen (secondary N) is 2. The van der Waals surface area contributed by atoms with E-state index in [0.29, 0.717) is 19.4 Å². The summed E-state index contributed by atoms with van der Waals surface area (Å²) in [5.74, 6) is -0.967. The molecule has 1 saturated heterocycles. The number of amides is 1. The van der Waals surface area contributed by atoms with E-state index < -0.39 is 26.8 Å². The number of hydrogen-bond donors (Lipinski definition) is 2. The number of benzene rings is 1. The fraction of sp³-hybridized carbons (Fsp3) is 0.417. The highest BCUT2D eigenvalue weighted by atomic mass is 35.5. The van der Waals surface area contributed by atoms with Gasteiger partial charge in [0, 0.05) is 24.0 Å². The number of halogens is 2. The topological polar surface area (TPSA) is 75.3 Å². The van der Waals surface area contributed by atoms with Crippen LogP contribution in [0.1, 0.15) is 19.3 Å². The van der Waals surface area contributed by atoms with Gasteiger partial charge in [0.2, 0.25) is 15.9 Å². The van der Waals surface area contributed by atoms with Crippen molar-refractivity contribution < 1.29 is 17.6 Å². The minimum Gasteiger partial charge on any atom is -0.356 e. The van der Waals surface area contributed by atoms with Crippen LogP contribution in [0.15, 0.2) is 23.1 Å². The Morgan fingerprint density at radius 3 is 2.85 bits per heavy atom. The highest BCUT2D eigenvalue weighted by molar-refractivity contribution is 7.89. The van der Waals surface area contributed by atoms with Crippen LogP contribution in [0.4, 0.5) is 4.39 Å². The summed E-state index contributed by atoms with van der Waals surface area (Å²) in [5.41, 5.74) is 0. The third kappa shape index (κ3) is 3.68. The lowest BCUT2D eigenvalue weighted by atomic mass is 10.1. The Bertz CT molecular complexity index is 621. The summed E-state index contributed by atoms with van der Waals surface area (Å²) in [7, 11) is -4.00. The first kappa shape index (κ1) is 15.2. The first-order valence-corrected chi connectivity index (χ1v) is 7.99. The lowest BCUT2D eigenvalue weighted by Crippen LogP contribution is -2.35. The third-order valence-corrected chi connectivity index (χ3v) is 4.81. The molecule has 1 aromatic carbocycles. The zero-order valence-corrected chi connectivity index (χ0v) is 12.1. The molecule has 1 amide bonds. The third-order valence-electron chi connectivity index (χ3n) is 3.04. The van der Waals surface area contributed by atoms with Gasteiger partial charge in [-0.3, -0.25) is 4.79 Å². The van der Waals surface area contributed by atoms with Gasteiger partial charge < -0.3 is 5.32 Å². The average molecular weight is 321 g/mol. The molecule has 1 heterocycles. The zero-order valence-electron chi connectivity index (χ0n) is 10.5. The van der Waals surface area contributed by atoms with E-state index >= 15 is 0 Å². The lowest BCUT2D eigenvalue weighted by molar-refractivity contribution is -0.120. The zero-order chi connectivity index (χ0) is 14.8. The van der Waals surface area contributed by atoms with E-state index in [4.69, 9.17) is 11.6 Å². The van der Waals surface area contributed by atoms with E-state index in [0.717, 1.165) is 12.1 Å². The summed E-state index contributed by atoms with van der Waals surface area (Å²) < 4.78 is 40.3. The fourth-order valence-corrected chi connectivity index (χ4v) is 3.65. The Morgan fingerprint density at radius 1 is 1.35 bits per heavy atom. The molecule has 0 radical (unpaired) electrons. The van der Waals surface area contributed by atoms with E-state index in [2.05, 4.69) is 10.0 Å². The SMILES string of the molecule is O=C1CCC(NS(=O)(=O)c2cc(Cl)ccc2F)CCN1. The van der Waals surface area contributed by atoms with E-state index in [1.165, 1.54) is 6.07 Å². The molecule has 5 nitrogen and oxygen atoms in total. The van der Waals surface area contributed by atoms with Gasteiger partial charge in [0.15, 0.2) is 0 Å². The maximum Gasteiger partial charge on any atom is 0.243 e. The van der Waals surface area contributed by atoms with Crippen molar-refractivity contribution in [3.05, 3.63) is 29.0 Å². The molecule has 1 atom stereocenters. The molecular weight excluding hydrogens is 307 g/mol. The lowest BCUT2D eigenvalue weighted by Gasteiger charge is -2.16. The van der Waals surface area contributed by atoms with Gasteiger partial charge in [0.25, 0.3) is 0 Å². The Labute approximate surface area is 121 Å². The molecule has 1 aliphatic heterocycles. The largest absolute Gasteiger partial charge is 0.356 e. The van der Waals surface area contributed by atoms with Gasteiger partial charge in [-0.05, 0) is 31.0 Å². The van der Waals surface area contributed by atoms with Crippen molar-refractivity contribution in [3.8, 4) is 0 Å². The quantitative estimate of drug-likeness (QED) is 0.884. The second-order valence-electron chi connectivity index (χ2n) is 4.57. The van der Waals surface area contributed by atoms with E-state index in [1.807, 2.05) is 0 Å². The maximum atomic E-state index is 13.6. The molecule has 8 heteroatoms. The summed E-state index contributed by atoms with van der Waals surface area (Å²) in [6.45, 7) is 0.393. The summed E-state index contributed by atoms with van der Waals surface area (Å²) in [5, 5.41) is 2.79. The molecule has 0 spiro atoms. The predicted octanol–water partition coefficient (Wildman–Crippen LogP) is 1.43. The van der Waals surface area contributed by atoms with Crippen molar-refractivity contribution in [2.75, 3.05) is 6.54 Å². The van der Waals surface area contributed by atoms with Crippen molar-refractivity contribution in [1.29, 1.82) is 0 Å². The molecule has 1 unspecified atom stereocenters. The Morgan fingerprint density at radius 2 is 2.10 bits per heavy atom. The molecule has 1 aromatic rings. The summed E-state index contributed by atoms with van der Waals surface area (Å²) in [6, 6.07) is 2.95. The smallest absolute Gasteiger partial charge is 0.243 e. The highest BCUT2D eigenvalue weighted by Gasteiger charge is 2.25. The predicted molar refractivity (Wildman–Crippen MR) is 72.4 cm³/mol. The van der Waals surface area contributed by atoms with Gasteiger partial charge in [0.1, 0.15) is 10.7 Å². The Balaban J connectivity index is 2.18. The molecule has 0 bridgehead atoms. The molecule has 2 N–H and O–H groups in total. The maximum absolute atomic E-state index is 13.6. The summed E-state index contributed by atoms with van der Waals surface area (Å²) >= 11 is 5.70. The van der Waals surface area contributed by atoms with Gasteiger partial charge in [-0.2, -0.15) is 0 Å². The van der Waals surface area contributed by atoms with Crippen LogP contribution in [0.3, 0.4) is 0 Å². The monoisotopic (exact) mass is 320 g/mol.